The molecule has 0 saturated carbocycles. The summed E-state index contributed by atoms with van der Waals surface area (Å²) in [4.78, 5) is 27.9. The fourth-order valence-electron chi connectivity index (χ4n) is 3.11. The van der Waals surface area contributed by atoms with E-state index in [1.165, 1.54) is 6.07 Å². The number of benzene rings is 1. The highest BCUT2D eigenvalue weighted by Crippen LogP contribution is 2.29. The average Bonchev–Trinajstić information content (AvgIpc) is 3.20. The molecule has 3 rings (SSSR count). The van der Waals surface area contributed by atoms with E-state index in [4.69, 9.17) is 16.7 Å². The highest BCUT2D eigenvalue weighted by Gasteiger charge is 2.19. The van der Waals surface area contributed by atoms with Gasteiger partial charge in [0.15, 0.2) is 16.8 Å². The number of aliphatic carboxylic acids is 1. The van der Waals surface area contributed by atoms with Gasteiger partial charge >= 0.3 is 5.97 Å². The van der Waals surface area contributed by atoms with E-state index in [-0.39, 0.29) is 28.1 Å². The zero-order chi connectivity index (χ0) is 22.7. The molecule has 164 valence electrons. The van der Waals surface area contributed by atoms with Crippen molar-refractivity contribution in [2.24, 2.45) is 5.92 Å². The van der Waals surface area contributed by atoms with E-state index < -0.39 is 23.5 Å². The largest absolute Gasteiger partial charge is 0.481 e. The van der Waals surface area contributed by atoms with Gasteiger partial charge in [-0.1, -0.05) is 42.9 Å². The maximum absolute atomic E-state index is 13.6. The van der Waals surface area contributed by atoms with Crippen molar-refractivity contribution in [3.05, 3.63) is 68.9 Å². The molecule has 0 spiro atoms. The topological polar surface area (TPSA) is 84.2 Å². The minimum atomic E-state index is -1.08. The van der Waals surface area contributed by atoms with Crippen molar-refractivity contribution in [2.75, 3.05) is 5.32 Å². The third kappa shape index (κ3) is 5.89. The first-order valence-corrected chi connectivity index (χ1v) is 10.6. The highest BCUT2D eigenvalue weighted by atomic mass is 35.5. The summed E-state index contributed by atoms with van der Waals surface area (Å²) in [5.41, 5.74) is 1.91. The molecule has 0 saturated heterocycles. The third-order valence-electron chi connectivity index (χ3n) is 4.36. The normalized spacial score (nSPS) is 11.2. The van der Waals surface area contributed by atoms with Crippen molar-refractivity contribution in [1.29, 1.82) is 0 Å². The van der Waals surface area contributed by atoms with Crippen molar-refractivity contribution in [2.45, 2.75) is 33.2 Å². The molecule has 0 radical (unpaired) electrons. The van der Waals surface area contributed by atoms with Crippen LogP contribution >= 0.6 is 22.9 Å². The van der Waals surface area contributed by atoms with E-state index in [1.807, 2.05) is 13.8 Å². The first-order valence-electron chi connectivity index (χ1n) is 9.43. The molecule has 2 aromatic heterocycles. The zero-order valence-electron chi connectivity index (χ0n) is 16.8. The minimum Gasteiger partial charge on any atom is -0.481 e. The Morgan fingerprint density at radius 2 is 1.97 bits per heavy atom. The number of amides is 1. The summed E-state index contributed by atoms with van der Waals surface area (Å²) in [7, 11) is 0. The van der Waals surface area contributed by atoms with Gasteiger partial charge < -0.3 is 9.67 Å². The van der Waals surface area contributed by atoms with Gasteiger partial charge in [0.05, 0.1) is 12.1 Å². The summed E-state index contributed by atoms with van der Waals surface area (Å²) < 4.78 is 28.7. The molecular formula is C21H20ClF2N3O3S. The molecule has 2 heterocycles. The van der Waals surface area contributed by atoms with Crippen LogP contribution in [0.25, 0.3) is 0 Å². The number of carbonyl (C=O) groups excluding carboxylic acids is 1. The number of thiazole rings is 1. The Kier molecular flexibility index (Phi) is 7.07. The molecule has 0 aliphatic carbocycles. The molecule has 0 aliphatic rings. The predicted octanol–water partition coefficient (Wildman–Crippen LogP) is 5.00. The van der Waals surface area contributed by atoms with Crippen LogP contribution in [0.3, 0.4) is 0 Å². The number of aromatic nitrogens is 2. The van der Waals surface area contributed by atoms with Crippen LogP contribution in [0, 0.1) is 17.6 Å². The van der Waals surface area contributed by atoms with E-state index in [0.717, 1.165) is 35.5 Å². The second-order valence-corrected chi connectivity index (χ2v) is 9.07. The molecule has 1 amide bonds. The molecule has 0 fully saturated rings. The summed E-state index contributed by atoms with van der Waals surface area (Å²) in [6, 6.07) is 5.34. The summed E-state index contributed by atoms with van der Waals surface area (Å²) in [5, 5.41) is 11.7. The number of nitrogens with one attached hydrogen (secondary N) is 1. The maximum Gasteiger partial charge on any atom is 0.309 e. The SMILES string of the molecule is CC(C)Cc1cc(C(=O)Nc2nc(CC(=O)O)c(Cl)s2)n(Cc2ccc(F)c(F)c2)c1. The standard InChI is InChI=1S/C21H20ClF2N3O3S/c1-11(2)5-13-7-17(27(10-13)9-12-3-4-14(23)15(24)6-12)20(30)26-21-25-16(8-18(28)29)19(22)31-21/h3-4,6-7,10-11H,5,8-9H2,1-2H3,(H,28,29)(H,25,26,30). The summed E-state index contributed by atoms with van der Waals surface area (Å²) in [5.74, 6) is -3.09. The van der Waals surface area contributed by atoms with Gasteiger partial charge in [-0.3, -0.25) is 14.9 Å². The van der Waals surface area contributed by atoms with Crippen molar-refractivity contribution >= 4 is 39.9 Å². The van der Waals surface area contributed by atoms with Gasteiger partial charge in [-0.05, 0) is 41.7 Å². The molecule has 0 unspecified atom stereocenters. The van der Waals surface area contributed by atoms with E-state index in [9.17, 15) is 18.4 Å². The molecule has 3 aromatic rings. The molecule has 2 N–H and O–H groups in total. The van der Waals surface area contributed by atoms with Crippen molar-refractivity contribution in [3.8, 4) is 0 Å². The van der Waals surface area contributed by atoms with Crippen LogP contribution in [0.15, 0.2) is 30.5 Å². The number of hydrogen-bond acceptors (Lipinski definition) is 4. The van der Waals surface area contributed by atoms with Crippen LogP contribution in [0.4, 0.5) is 13.9 Å². The first kappa shape index (κ1) is 22.9. The highest BCUT2D eigenvalue weighted by molar-refractivity contribution is 7.19. The predicted molar refractivity (Wildman–Crippen MR) is 115 cm³/mol. The Morgan fingerprint density at radius 3 is 2.61 bits per heavy atom. The number of carbonyl (C=O) groups is 2. The summed E-state index contributed by atoms with van der Waals surface area (Å²) in [6.45, 7) is 4.27. The Labute approximate surface area is 186 Å². The molecule has 0 bridgehead atoms. The van der Waals surface area contributed by atoms with Gasteiger partial charge in [-0.2, -0.15) is 0 Å². The maximum atomic E-state index is 13.6. The number of anilines is 1. The third-order valence-corrected chi connectivity index (χ3v) is 5.61. The Hall–Kier alpha value is -2.78. The lowest BCUT2D eigenvalue weighted by Gasteiger charge is -2.09. The molecular weight excluding hydrogens is 448 g/mol. The molecule has 6 nitrogen and oxygen atoms in total. The van der Waals surface area contributed by atoms with Gasteiger partial charge in [0.25, 0.3) is 5.91 Å². The summed E-state index contributed by atoms with van der Waals surface area (Å²) >= 11 is 6.98. The van der Waals surface area contributed by atoms with Crippen LogP contribution < -0.4 is 5.32 Å². The van der Waals surface area contributed by atoms with E-state index in [1.54, 1.807) is 16.8 Å². The molecule has 0 aliphatic heterocycles. The van der Waals surface area contributed by atoms with Gasteiger partial charge in [-0.25, -0.2) is 13.8 Å². The minimum absolute atomic E-state index is 0.168. The quantitative estimate of drug-likeness (QED) is 0.488. The lowest BCUT2D eigenvalue weighted by Crippen LogP contribution is -2.17. The van der Waals surface area contributed by atoms with Crippen LogP contribution in [0.2, 0.25) is 4.34 Å². The number of nitrogens with zero attached hydrogens (tertiary/aromatic N) is 2. The smallest absolute Gasteiger partial charge is 0.309 e. The van der Waals surface area contributed by atoms with Crippen LogP contribution in [0.5, 0.6) is 0 Å². The number of rotatable bonds is 8. The van der Waals surface area contributed by atoms with Crippen molar-refractivity contribution in [1.82, 2.24) is 9.55 Å². The molecule has 31 heavy (non-hydrogen) atoms. The van der Waals surface area contributed by atoms with E-state index >= 15 is 0 Å². The second kappa shape index (κ2) is 9.57. The lowest BCUT2D eigenvalue weighted by atomic mass is 10.1. The van der Waals surface area contributed by atoms with Gasteiger partial charge in [-0.15, -0.1) is 0 Å². The second-order valence-electron chi connectivity index (χ2n) is 7.47. The van der Waals surface area contributed by atoms with Gasteiger partial charge in [0.2, 0.25) is 0 Å². The van der Waals surface area contributed by atoms with Crippen molar-refractivity contribution in [3.63, 3.8) is 0 Å². The van der Waals surface area contributed by atoms with Gasteiger partial charge in [0, 0.05) is 12.7 Å². The fraction of sp³-hybridized carbons (Fsp3) is 0.286. The number of halogens is 3. The Morgan fingerprint density at radius 1 is 1.23 bits per heavy atom. The van der Waals surface area contributed by atoms with Crippen LogP contribution in [-0.2, 0) is 24.2 Å². The van der Waals surface area contributed by atoms with Crippen LogP contribution in [-0.4, -0.2) is 26.5 Å². The van der Waals surface area contributed by atoms with E-state index in [0.29, 0.717) is 17.2 Å². The number of carboxylic acids is 1. The average molecular weight is 468 g/mol. The Bertz CT molecular complexity index is 1130. The molecule has 0 atom stereocenters. The van der Waals surface area contributed by atoms with Crippen molar-refractivity contribution < 1.29 is 23.5 Å². The first-order chi connectivity index (χ1) is 14.6. The van der Waals surface area contributed by atoms with E-state index in [2.05, 4.69) is 10.3 Å². The zero-order valence-corrected chi connectivity index (χ0v) is 18.4. The fourth-order valence-corrected chi connectivity index (χ4v) is 4.14. The molecule has 1 aromatic carbocycles. The summed E-state index contributed by atoms with van der Waals surface area (Å²) in [6.07, 6.45) is 2.19. The number of hydrogen-bond donors (Lipinski definition) is 2. The van der Waals surface area contributed by atoms with Crippen LogP contribution in [0.1, 0.15) is 41.2 Å². The monoisotopic (exact) mass is 467 g/mol. The Balaban J connectivity index is 1.87. The number of carboxylic acid groups (broad SMARTS) is 1. The lowest BCUT2D eigenvalue weighted by molar-refractivity contribution is -0.136. The van der Waals surface area contributed by atoms with Gasteiger partial charge in [0.1, 0.15) is 10.0 Å². The molecule has 10 heteroatoms.